The van der Waals surface area contributed by atoms with Gasteiger partial charge in [-0.1, -0.05) is 0 Å². The van der Waals surface area contributed by atoms with Gasteiger partial charge in [0.15, 0.2) is 0 Å². The number of benzene rings is 1. The SMILES string of the molecule is CCOC(C[Se]c1cc(OC)ccc1OC)OCC. The van der Waals surface area contributed by atoms with Crippen molar-refractivity contribution in [3.63, 3.8) is 0 Å². The van der Waals surface area contributed by atoms with Crippen molar-refractivity contribution >= 4 is 19.4 Å². The summed E-state index contributed by atoms with van der Waals surface area (Å²) in [6.07, 6.45) is -0.133. The van der Waals surface area contributed by atoms with E-state index < -0.39 is 0 Å². The van der Waals surface area contributed by atoms with E-state index in [9.17, 15) is 0 Å². The molecule has 1 rings (SSSR count). The number of ether oxygens (including phenoxy) is 4. The van der Waals surface area contributed by atoms with Gasteiger partial charge in [0.25, 0.3) is 0 Å². The van der Waals surface area contributed by atoms with Gasteiger partial charge in [-0.2, -0.15) is 0 Å². The Bertz CT molecular complexity index is 364. The van der Waals surface area contributed by atoms with Gasteiger partial charge in [0, 0.05) is 0 Å². The van der Waals surface area contributed by atoms with Crippen molar-refractivity contribution in [1.29, 1.82) is 0 Å². The Morgan fingerprint density at radius 2 is 1.74 bits per heavy atom. The fourth-order valence-electron chi connectivity index (χ4n) is 1.57. The minimum atomic E-state index is -0.133. The van der Waals surface area contributed by atoms with Gasteiger partial charge in [0.1, 0.15) is 0 Å². The van der Waals surface area contributed by atoms with Crippen LogP contribution in [0.5, 0.6) is 11.5 Å². The van der Waals surface area contributed by atoms with E-state index in [1.54, 1.807) is 14.2 Å². The molecular formula is C14H22O4Se. The second-order valence-corrected chi connectivity index (χ2v) is 5.90. The Kier molecular flexibility index (Phi) is 7.91. The Hall–Kier alpha value is -0.741. The van der Waals surface area contributed by atoms with Gasteiger partial charge in [-0.3, -0.25) is 0 Å². The summed E-state index contributed by atoms with van der Waals surface area (Å²) in [5.74, 6) is 1.74. The first-order valence-electron chi connectivity index (χ1n) is 6.33. The van der Waals surface area contributed by atoms with Crippen LogP contribution in [0.4, 0.5) is 0 Å². The van der Waals surface area contributed by atoms with Gasteiger partial charge in [0.2, 0.25) is 0 Å². The monoisotopic (exact) mass is 334 g/mol. The van der Waals surface area contributed by atoms with E-state index in [1.807, 2.05) is 32.0 Å². The average molecular weight is 333 g/mol. The summed E-state index contributed by atoms with van der Waals surface area (Å²) in [4.78, 5) is 0. The predicted molar refractivity (Wildman–Crippen MR) is 76.8 cm³/mol. The molecule has 0 unspecified atom stereocenters. The summed E-state index contributed by atoms with van der Waals surface area (Å²) < 4.78 is 22.9. The van der Waals surface area contributed by atoms with Crippen LogP contribution in [0, 0.1) is 0 Å². The van der Waals surface area contributed by atoms with Crippen molar-refractivity contribution in [1.82, 2.24) is 0 Å². The van der Waals surface area contributed by atoms with Crippen molar-refractivity contribution in [2.24, 2.45) is 0 Å². The van der Waals surface area contributed by atoms with Crippen LogP contribution in [0.15, 0.2) is 18.2 Å². The molecule has 0 fully saturated rings. The van der Waals surface area contributed by atoms with Crippen LogP contribution in [0.25, 0.3) is 0 Å². The maximum absolute atomic E-state index is 5.56. The van der Waals surface area contributed by atoms with Crippen molar-refractivity contribution in [2.45, 2.75) is 25.5 Å². The van der Waals surface area contributed by atoms with Crippen molar-refractivity contribution in [2.75, 3.05) is 27.4 Å². The van der Waals surface area contributed by atoms with Crippen LogP contribution in [-0.2, 0) is 9.47 Å². The van der Waals surface area contributed by atoms with Gasteiger partial charge >= 0.3 is 121 Å². The number of hydrogen-bond acceptors (Lipinski definition) is 4. The van der Waals surface area contributed by atoms with E-state index in [2.05, 4.69) is 0 Å². The normalized spacial score (nSPS) is 10.8. The molecule has 0 N–H and O–H groups in total. The summed E-state index contributed by atoms with van der Waals surface area (Å²) in [5.41, 5.74) is 0. The van der Waals surface area contributed by atoms with E-state index in [1.165, 1.54) is 4.46 Å². The summed E-state index contributed by atoms with van der Waals surface area (Å²) >= 11 is 0.217. The standard InChI is InChI=1S/C14H22O4Se/c1-5-17-14(18-6-2)10-19-13-9-11(15-3)7-8-12(13)16-4/h7-9,14H,5-6,10H2,1-4H3. The fourth-order valence-corrected chi connectivity index (χ4v) is 3.67. The van der Waals surface area contributed by atoms with E-state index in [4.69, 9.17) is 18.9 Å². The molecule has 0 heterocycles. The fraction of sp³-hybridized carbons (Fsp3) is 0.571. The zero-order valence-electron chi connectivity index (χ0n) is 12.0. The zero-order valence-corrected chi connectivity index (χ0v) is 13.7. The molecule has 0 bridgehead atoms. The van der Waals surface area contributed by atoms with Gasteiger partial charge in [0.05, 0.1) is 0 Å². The van der Waals surface area contributed by atoms with Crippen LogP contribution in [0.2, 0.25) is 5.32 Å². The molecule has 0 atom stereocenters. The molecule has 0 saturated carbocycles. The number of hydrogen-bond donors (Lipinski definition) is 0. The minimum absolute atomic E-state index is 0.133. The molecule has 0 spiro atoms. The zero-order chi connectivity index (χ0) is 14.1. The van der Waals surface area contributed by atoms with E-state index in [0.29, 0.717) is 13.2 Å². The predicted octanol–water partition coefficient (Wildman–Crippen LogP) is 1.85. The number of rotatable bonds is 9. The summed E-state index contributed by atoms with van der Waals surface area (Å²) in [6, 6.07) is 5.86. The van der Waals surface area contributed by atoms with Gasteiger partial charge < -0.3 is 0 Å². The third kappa shape index (κ3) is 5.41. The topological polar surface area (TPSA) is 36.9 Å². The Morgan fingerprint density at radius 1 is 1.05 bits per heavy atom. The maximum atomic E-state index is 5.56. The van der Waals surface area contributed by atoms with Gasteiger partial charge in [-0.25, -0.2) is 0 Å². The van der Waals surface area contributed by atoms with Crippen LogP contribution in [0.1, 0.15) is 13.8 Å². The number of methoxy groups -OCH3 is 2. The molecule has 4 nitrogen and oxygen atoms in total. The molecule has 1 aromatic carbocycles. The first-order valence-corrected chi connectivity index (χ1v) is 8.39. The summed E-state index contributed by atoms with van der Waals surface area (Å²) in [6.45, 7) is 5.28. The van der Waals surface area contributed by atoms with E-state index in [0.717, 1.165) is 16.8 Å². The van der Waals surface area contributed by atoms with Gasteiger partial charge in [-0.05, 0) is 0 Å². The molecule has 19 heavy (non-hydrogen) atoms. The molecule has 5 heteroatoms. The third-order valence-corrected chi connectivity index (χ3v) is 4.69. The quantitative estimate of drug-likeness (QED) is 0.511. The molecule has 0 amide bonds. The van der Waals surface area contributed by atoms with Crippen LogP contribution in [-0.4, -0.2) is 48.7 Å². The first-order chi connectivity index (χ1) is 9.24. The third-order valence-electron chi connectivity index (χ3n) is 2.45. The van der Waals surface area contributed by atoms with E-state index in [-0.39, 0.29) is 21.2 Å². The molecule has 1 aromatic rings. The van der Waals surface area contributed by atoms with Crippen LogP contribution < -0.4 is 13.9 Å². The molecule has 0 aliphatic rings. The van der Waals surface area contributed by atoms with Crippen molar-refractivity contribution in [3.8, 4) is 11.5 Å². The van der Waals surface area contributed by atoms with Crippen molar-refractivity contribution < 1.29 is 18.9 Å². The molecule has 0 saturated heterocycles. The average Bonchev–Trinajstić information content (AvgIpc) is 2.44. The molecule has 0 radical (unpaired) electrons. The Labute approximate surface area is 121 Å². The van der Waals surface area contributed by atoms with Crippen LogP contribution in [0.3, 0.4) is 0 Å². The summed E-state index contributed by atoms with van der Waals surface area (Å²) in [7, 11) is 3.35. The Morgan fingerprint density at radius 3 is 2.26 bits per heavy atom. The molecule has 0 aliphatic heterocycles. The first kappa shape index (κ1) is 16.3. The molecule has 108 valence electrons. The molecular weight excluding hydrogens is 311 g/mol. The van der Waals surface area contributed by atoms with E-state index >= 15 is 0 Å². The molecule has 0 aliphatic carbocycles. The van der Waals surface area contributed by atoms with Crippen LogP contribution >= 0.6 is 0 Å². The Balaban J connectivity index is 2.68. The summed E-state index contributed by atoms with van der Waals surface area (Å²) in [5, 5.41) is 0.859. The van der Waals surface area contributed by atoms with Crippen molar-refractivity contribution in [3.05, 3.63) is 18.2 Å². The molecule has 0 aromatic heterocycles. The van der Waals surface area contributed by atoms with Gasteiger partial charge in [-0.15, -0.1) is 0 Å². The second-order valence-electron chi connectivity index (χ2n) is 3.67. The second kappa shape index (κ2) is 9.21.